The van der Waals surface area contributed by atoms with Crippen molar-refractivity contribution in [2.24, 2.45) is 0 Å². The van der Waals surface area contributed by atoms with Crippen molar-refractivity contribution >= 4 is 19.9 Å². The van der Waals surface area contributed by atoms with Crippen LogP contribution in [-0.2, 0) is 14.0 Å². The minimum Gasteiger partial charge on any atom is -0.463 e. The highest BCUT2D eigenvalue weighted by Gasteiger charge is 2.37. The Labute approximate surface area is 139 Å². The van der Waals surface area contributed by atoms with Crippen LogP contribution in [0.1, 0.15) is 33.3 Å². The fraction of sp³-hybridized carbons (Fsp3) is 0.500. The molecule has 0 amide bonds. The number of hydrogen-bond acceptors (Lipinski definition) is 3. The van der Waals surface area contributed by atoms with Gasteiger partial charge in [-0.1, -0.05) is 32.9 Å². The predicted molar refractivity (Wildman–Crippen MR) is 94.2 cm³/mol. The minimum atomic E-state index is -1.95. The molecule has 128 valence electrons. The molecular weight excluding hydrogens is 311 g/mol. The summed E-state index contributed by atoms with van der Waals surface area (Å²) in [6.07, 6.45) is 1.43. The average Bonchev–Trinajstić information content (AvgIpc) is 2.43. The Morgan fingerprint density at radius 3 is 2.26 bits per heavy atom. The molecule has 0 N–H and O–H groups in total. The summed E-state index contributed by atoms with van der Waals surface area (Å²) in [5.74, 6) is -0.722. The van der Waals surface area contributed by atoms with E-state index in [1.165, 1.54) is 18.2 Å². The van der Waals surface area contributed by atoms with Crippen LogP contribution in [0.3, 0.4) is 0 Å². The third-order valence-corrected chi connectivity index (χ3v) is 8.67. The van der Waals surface area contributed by atoms with Crippen LogP contribution in [0.2, 0.25) is 18.1 Å². The minimum absolute atomic E-state index is 0.0742. The van der Waals surface area contributed by atoms with Gasteiger partial charge in [0.05, 0.1) is 13.2 Å². The molecule has 23 heavy (non-hydrogen) atoms. The molecule has 0 saturated carbocycles. The largest absolute Gasteiger partial charge is 0.463 e. The summed E-state index contributed by atoms with van der Waals surface area (Å²) in [6.45, 7) is 13.2. The standard InChI is InChI=1S/C18H27FO3Si/c1-7-21-17(20)12-15(14-8-10-16(19)11-9-14)13-22-23(5,6)18(2,3)4/h8-12H,7,13H2,1-6H3. The SMILES string of the molecule is CCOC(=O)C=C(CO[Si](C)(C)C(C)(C)C)c1ccc(F)cc1. The first kappa shape index (κ1) is 19.6. The maximum atomic E-state index is 13.1. The first-order chi connectivity index (χ1) is 10.6. The smallest absolute Gasteiger partial charge is 0.331 e. The molecule has 0 aliphatic carbocycles. The topological polar surface area (TPSA) is 35.5 Å². The van der Waals surface area contributed by atoms with Gasteiger partial charge in [-0.05, 0) is 48.3 Å². The molecule has 0 atom stereocenters. The molecule has 0 aliphatic heterocycles. The lowest BCUT2D eigenvalue weighted by Gasteiger charge is -2.36. The van der Waals surface area contributed by atoms with E-state index in [2.05, 4.69) is 33.9 Å². The Morgan fingerprint density at radius 2 is 1.78 bits per heavy atom. The van der Waals surface area contributed by atoms with Crippen LogP contribution < -0.4 is 0 Å². The summed E-state index contributed by atoms with van der Waals surface area (Å²) >= 11 is 0. The molecular formula is C18H27FO3Si. The third kappa shape index (κ3) is 5.92. The number of carbonyl (C=O) groups excluding carboxylic acids is 1. The molecule has 0 aliphatic rings. The maximum Gasteiger partial charge on any atom is 0.331 e. The van der Waals surface area contributed by atoms with E-state index in [1.807, 2.05) is 0 Å². The molecule has 1 aromatic rings. The number of hydrogen-bond donors (Lipinski definition) is 0. The zero-order valence-corrected chi connectivity index (χ0v) is 15.9. The number of esters is 1. The molecule has 0 radical (unpaired) electrons. The van der Waals surface area contributed by atoms with Crippen molar-refractivity contribution in [3.8, 4) is 0 Å². The van der Waals surface area contributed by atoms with Crippen molar-refractivity contribution in [2.75, 3.05) is 13.2 Å². The first-order valence-electron chi connectivity index (χ1n) is 7.84. The molecule has 0 saturated heterocycles. The van der Waals surface area contributed by atoms with Gasteiger partial charge in [0.1, 0.15) is 5.82 Å². The molecule has 0 unspecified atom stereocenters. The van der Waals surface area contributed by atoms with E-state index < -0.39 is 14.3 Å². The molecule has 5 heteroatoms. The molecule has 0 spiro atoms. The fourth-order valence-corrected chi connectivity index (χ4v) is 2.62. The number of benzene rings is 1. The van der Waals surface area contributed by atoms with Gasteiger partial charge in [-0.25, -0.2) is 9.18 Å². The van der Waals surface area contributed by atoms with E-state index in [9.17, 15) is 9.18 Å². The Balaban J connectivity index is 3.01. The van der Waals surface area contributed by atoms with Crippen LogP contribution >= 0.6 is 0 Å². The molecule has 0 heterocycles. The second-order valence-corrected chi connectivity index (χ2v) is 11.8. The van der Waals surface area contributed by atoms with Gasteiger partial charge in [-0.15, -0.1) is 0 Å². The highest BCUT2D eigenvalue weighted by molar-refractivity contribution is 6.74. The van der Waals surface area contributed by atoms with Crippen molar-refractivity contribution in [1.29, 1.82) is 0 Å². The highest BCUT2D eigenvalue weighted by Crippen LogP contribution is 2.37. The Bertz CT molecular complexity index is 557. The van der Waals surface area contributed by atoms with Gasteiger partial charge < -0.3 is 9.16 Å². The lowest BCUT2D eigenvalue weighted by atomic mass is 10.1. The van der Waals surface area contributed by atoms with Crippen LogP contribution in [0.4, 0.5) is 4.39 Å². The highest BCUT2D eigenvalue weighted by atomic mass is 28.4. The van der Waals surface area contributed by atoms with E-state index in [0.29, 0.717) is 18.8 Å². The van der Waals surface area contributed by atoms with E-state index in [4.69, 9.17) is 9.16 Å². The normalized spacial score (nSPS) is 13.1. The van der Waals surface area contributed by atoms with E-state index >= 15 is 0 Å². The first-order valence-corrected chi connectivity index (χ1v) is 10.7. The van der Waals surface area contributed by atoms with Gasteiger partial charge in [-0.2, -0.15) is 0 Å². The van der Waals surface area contributed by atoms with Crippen molar-refractivity contribution in [3.05, 3.63) is 41.7 Å². The van der Waals surface area contributed by atoms with Crippen molar-refractivity contribution in [3.63, 3.8) is 0 Å². The zero-order valence-electron chi connectivity index (χ0n) is 14.9. The summed E-state index contributed by atoms with van der Waals surface area (Å²) in [7, 11) is -1.95. The van der Waals surface area contributed by atoms with Gasteiger partial charge in [-0.3, -0.25) is 0 Å². The lowest BCUT2D eigenvalue weighted by molar-refractivity contribution is -0.137. The Morgan fingerprint density at radius 1 is 1.22 bits per heavy atom. The summed E-state index contributed by atoms with van der Waals surface area (Å²) in [6, 6.07) is 6.05. The van der Waals surface area contributed by atoms with Crippen LogP contribution in [0.5, 0.6) is 0 Å². The molecule has 1 aromatic carbocycles. The van der Waals surface area contributed by atoms with Gasteiger partial charge in [0.15, 0.2) is 8.32 Å². The van der Waals surface area contributed by atoms with Crippen molar-refractivity contribution in [1.82, 2.24) is 0 Å². The zero-order chi connectivity index (χ0) is 17.7. The van der Waals surface area contributed by atoms with E-state index in [1.54, 1.807) is 19.1 Å². The summed E-state index contributed by atoms with van der Waals surface area (Å²) in [5, 5.41) is 0.0742. The van der Waals surface area contributed by atoms with Crippen molar-refractivity contribution in [2.45, 2.75) is 45.8 Å². The fourth-order valence-electron chi connectivity index (χ4n) is 1.67. The Hall–Kier alpha value is -1.46. The number of halogens is 1. The van der Waals surface area contributed by atoms with Gasteiger partial charge >= 0.3 is 5.97 Å². The molecule has 1 rings (SSSR count). The molecule has 0 fully saturated rings. The van der Waals surface area contributed by atoms with Crippen LogP contribution in [0.25, 0.3) is 5.57 Å². The number of ether oxygens (including phenoxy) is 1. The third-order valence-electron chi connectivity index (χ3n) is 4.19. The number of carbonyl (C=O) groups is 1. The van der Waals surface area contributed by atoms with Gasteiger partial charge in [0.2, 0.25) is 0 Å². The summed E-state index contributed by atoms with van der Waals surface area (Å²) in [4.78, 5) is 11.8. The lowest BCUT2D eigenvalue weighted by Crippen LogP contribution is -2.41. The molecule has 0 bridgehead atoms. The average molecular weight is 338 g/mol. The quantitative estimate of drug-likeness (QED) is 0.425. The van der Waals surface area contributed by atoms with Crippen LogP contribution in [-0.4, -0.2) is 27.5 Å². The molecule has 3 nitrogen and oxygen atoms in total. The molecule has 0 aromatic heterocycles. The van der Waals surface area contributed by atoms with Crippen LogP contribution in [0.15, 0.2) is 30.3 Å². The van der Waals surface area contributed by atoms with Crippen LogP contribution in [0, 0.1) is 5.82 Å². The second-order valence-electron chi connectivity index (χ2n) is 6.98. The van der Waals surface area contributed by atoms with Gasteiger partial charge in [0.25, 0.3) is 0 Å². The van der Waals surface area contributed by atoms with E-state index in [-0.39, 0.29) is 10.9 Å². The Kier molecular flexibility index (Phi) is 6.71. The maximum absolute atomic E-state index is 13.1. The summed E-state index contributed by atoms with van der Waals surface area (Å²) < 4.78 is 24.3. The van der Waals surface area contributed by atoms with Crippen molar-refractivity contribution < 1.29 is 18.3 Å². The second kappa shape index (κ2) is 7.88. The summed E-state index contributed by atoms with van der Waals surface area (Å²) in [5.41, 5.74) is 1.46. The predicted octanol–water partition coefficient (Wildman–Crippen LogP) is 4.79. The van der Waals surface area contributed by atoms with E-state index in [0.717, 1.165) is 5.56 Å². The monoisotopic (exact) mass is 338 g/mol. The van der Waals surface area contributed by atoms with Gasteiger partial charge in [0, 0.05) is 6.08 Å². The number of rotatable bonds is 6.